The predicted molar refractivity (Wildman–Crippen MR) is 112 cm³/mol. The number of likely N-dealkylation sites (tertiary alicyclic amines) is 1. The van der Waals surface area contributed by atoms with Crippen molar-refractivity contribution in [2.75, 3.05) is 26.4 Å². The summed E-state index contributed by atoms with van der Waals surface area (Å²) in [5, 5.41) is 6.88. The summed E-state index contributed by atoms with van der Waals surface area (Å²) in [6, 6.07) is 0. The van der Waals surface area contributed by atoms with Gasteiger partial charge in [0.15, 0.2) is 12.3 Å². The number of hydrogen-bond acceptors (Lipinski definition) is 6. The summed E-state index contributed by atoms with van der Waals surface area (Å²) < 4.78 is 11.3. The smallest absolute Gasteiger partial charge is 0.234 e. The lowest BCUT2D eigenvalue weighted by Gasteiger charge is -2.52. The number of fused-ring (bicyclic) bond motifs is 3. The summed E-state index contributed by atoms with van der Waals surface area (Å²) in [7, 11) is 0. The van der Waals surface area contributed by atoms with Crippen molar-refractivity contribution >= 4 is 11.8 Å². The van der Waals surface area contributed by atoms with Crippen LogP contribution in [-0.4, -0.2) is 73.8 Å². The molecule has 4 heterocycles. The highest BCUT2D eigenvalue weighted by Gasteiger charge is 2.54. The van der Waals surface area contributed by atoms with Gasteiger partial charge in [0.25, 0.3) is 0 Å². The van der Waals surface area contributed by atoms with Crippen LogP contribution in [0.15, 0.2) is 0 Å². The Balaban J connectivity index is 1.23. The first-order chi connectivity index (χ1) is 15.1. The first kappa shape index (κ1) is 21.6. The van der Waals surface area contributed by atoms with Crippen LogP contribution in [0.1, 0.15) is 51.9 Å². The number of ether oxygens (including phenoxy) is 2. The summed E-state index contributed by atoms with van der Waals surface area (Å²) >= 11 is 0. The van der Waals surface area contributed by atoms with Gasteiger partial charge in [-0.1, -0.05) is 0 Å². The highest BCUT2D eigenvalue weighted by molar-refractivity contribution is 5.83. The summed E-state index contributed by atoms with van der Waals surface area (Å²) in [4.78, 5) is 29.7. The molecule has 9 unspecified atom stereocenters. The molecule has 5 rings (SSSR count). The summed E-state index contributed by atoms with van der Waals surface area (Å²) in [6.45, 7) is 4.74. The third kappa shape index (κ3) is 3.99. The Kier molecular flexibility index (Phi) is 6.22. The molecule has 9 nitrogen and oxygen atoms in total. The molecule has 1 aliphatic carbocycles. The van der Waals surface area contributed by atoms with E-state index < -0.39 is 0 Å². The maximum Gasteiger partial charge on any atom is 0.234 e. The number of piperidine rings is 2. The predicted octanol–water partition coefficient (Wildman–Crippen LogP) is -1.26. The van der Waals surface area contributed by atoms with Crippen molar-refractivity contribution in [3.8, 4) is 0 Å². The summed E-state index contributed by atoms with van der Waals surface area (Å²) in [6.07, 6.45) is 6.92. The van der Waals surface area contributed by atoms with E-state index in [9.17, 15) is 9.59 Å². The zero-order chi connectivity index (χ0) is 21.5. The van der Waals surface area contributed by atoms with Crippen LogP contribution in [0.3, 0.4) is 0 Å². The van der Waals surface area contributed by atoms with Gasteiger partial charge in [-0.15, -0.1) is 0 Å². The third-order valence-electron chi connectivity index (χ3n) is 8.36. The van der Waals surface area contributed by atoms with Gasteiger partial charge in [-0.3, -0.25) is 15.3 Å². The Hall–Kier alpha value is -1.26. The van der Waals surface area contributed by atoms with Crippen molar-refractivity contribution < 1.29 is 24.0 Å². The molecule has 5 aliphatic rings. The fourth-order valence-corrected chi connectivity index (χ4v) is 6.59. The summed E-state index contributed by atoms with van der Waals surface area (Å²) in [5.74, 6) is 0.0863. The van der Waals surface area contributed by atoms with Crippen LogP contribution in [0.2, 0.25) is 0 Å². The fraction of sp³-hybridized carbons (Fsp3) is 0.909. The number of nitrogens with two attached hydrogens (primary N) is 1. The highest BCUT2D eigenvalue weighted by atomic mass is 16.7. The zero-order valence-corrected chi connectivity index (χ0v) is 18.6. The van der Waals surface area contributed by atoms with E-state index in [1.165, 1.54) is 0 Å². The van der Waals surface area contributed by atoms with E-state index in [-0.39, 0.29) is 54.4 Å². The highest BCUT2D eigenvalue weighted by Crippen LogP contribution is 2.32. The molecule has 1 saturated carbocycles. The number of nitrogens with zero attached hydrogens (tertiary/aromatic N) is 1. The van der Waals surface area contributed by atoms with Gasteiger partial charge in [0.1, 0.15) is 18.6 Å². The van der Waals surface area contributed by atoms with Gasteiger partial charge in [0, 0.05) is 13.1 Å². The SMILES string of the molecule is CC[NH+]1C(N)C(C(=O)NCC2CCC3OCOC3C2)CC2C(=O)N3CCCCC3NC21. The van der Waals surface area contributed by atoms with Gasteiger partial charge >= 0.3 is 0 Å². The maximum atomic E-state index is 13.3. The Bertz CT molecular complexity index is 693. The molecule has 5 N–H and O–H groups in total. The molecule has 4 aliphatic heterocycles. The second-order valence-electron chi connectivity index (χ2n) is 10.0. The van der Waals surface area contributed by atoms with Crippen molar-refractivity contribution in [2.24, 2.45) is 23.5 Å². The monoisotopic (exact) mass is 436 g/mol. The van der Waals surface area contributed by atoms with E-state index in [1.807, 2.05) is 4.90 Å². The molecule has 9 heteroatoms. The Morgan fingerprint density at radius 1 is 1.23 bits per heavy atom. The molecule has 31 heavy (non-hydrogen) atoms. The quantitative estimate of drug-likeness (QED) is 0.438. The largest absolute Gasteiger partial charge is 0.355 e. The lowest BCUT2D eigenvalue weighted by Crippen LogP contribution is -3.25. The molecule has 0 radical (unpaired) electrons. The summed E-state index contributed by atoms with van der Waals surface area (Å²) in [5.41, 5.74) is 6.63. The lowest BCUT2D eigenvalue weighted by molar-refractivity contribution is -0.963. The molecule has 0 aromatic carbocycles. The lowest BCUT2D eigenvalue weighted by atomic mass is 9.80. The number of amides is 2. The van der Waals surface area contributed by atoms with E-state index in [1.54, 1.807) is 0 Å². The van der Waals surface area contributed by atoms with Crippen molar-refractivity contribution in [3.05, 3.63) is 0 Å². The number of hydrogen-bond donors (Lipinski definition) is 4. The van der Waals surface area contributed by atoms with Crippen molar-refractivity contribution in [3.63, 3.8) is 0 Å². The number of carbonyl (C=O) groups is 2. The number of rotatable bonds is 4. The molecule has 2 amide bonds. The van der Waals surface area contributed by atoms with Crippen LogP contribution < -0.4 is 21.3 Å². The molecule has 4 saturated heterocycles. The van der Waals surface area contributed by atoms with Crippen molar-refractivity contribution in [1.29, 1.82) is 0 Å². The van der Waals surface area contributed by atoms with Crippen LogP contribution in [0.5, 0.6) is 0 Å². The maximum absolute atomic E-state index is 13.3. The minimum atomic E-state index is -0.342. The number of carbonyl (C=O) groups excluding carboxylic acids is 2. The van der Waals surface area contributed by atoms with Crippen LogP contribution in [-0.2, 0) is 19.1 Å². The average molecular weight is 437 g/mol. The second kappa shape index (κ2) is 8.94. The molecule has 0 aromatic heterocycles. The molecule has 0 aromatic rings. The molecule has 0 spiro atoms. The molecular weight excluding hydrogens is 398 g/mol. The first-order valence-corrected chi connectivity index (χ1v) is 12.3. The van der Waals surface area contributed by atoms with Crippen molar-refractivity contribution in [2.45, 2.75) is 82.6 Å². The standard InChI is InChI=1S/C22H37N5O4/c1-2-26-19(23)14(10-15-20(26)25-18-5-3-4-8-27(18)22(15)29)21(28)24-11-13-6-7-16-17(9-13)31-12-30-16/h13-20,25H,2-12,23H2,1H3,(H,24,28)/p+1. The van der Waals surface area contributed by atoms with Crippen LogP contribution >= 0.6 is 0 Å². The number of nitrogens with one attached hydrogen (secondary N) is 3. The van der Waals surface area contributed by atoms with Crippen LogP contribution in [0, 0.1) is 17.8 Å². The van der Waals surface area contributed by atoms with Gasteiger partial charge in [0.2, 0.25) is 11.8 Å². The van der Waals surface area contributed by atoms with E-state index in [4.69, 9.17) is 15.2 Å². The average Bonchev–Trinajstić information content (AvgIpc) is 3.25. The van der Waals surface area contributed by atoms with Gasteiger partial charge in [0.05, 0.1) is 24.9 Å². The number of quaternary nitrogens is 1. The van der Waals surface area contributed by atoms with E-state index in [0.717, 1.165) is 56.5 Å². The molecule has 174 valence electrons. The van der Waals surface area contributed by atoms with E-state index >= 15 is 0 Å². The second-order valence-corrected chi connectivity index (χ2v) is 10.0. The molecular formula is C22H38N5O4+. The molecule has 9 atom stereocenters. The van der Waals surface area contributed by atoms with Crippen LogP contribution in [0.4, 0.5) is 0 Å². The van der Waals surface area contributed by atoms with Crippen LogP contribution in [0.25, 0.3) is 0 Å². The first-order valence-electron chi connectivity index (χ1n) is 12.3. The van der Waals surface area contributed by atoms with Gasteiger partial charge in [-0.05, 0) is 57.8 Å². The van der Waals surface area contributed by atoms with E-state index in [0.29, 0.717) is 25.7 Å². The third-order valence-corrected chi connectivity index (χ3v) is 8.36. The minimum Gasteiger partial charge on any atom is -0.355 e. The molecule has 5 fully saturated rings. The Morgan fingerprint density at radius 2 is 2.06 bits per heavy atom. The zero-order valence-electron chi connectivity index (χ0n) is 18.6. The van der Waals surface area contributed by atoms with Gasteiger partial charge in [-0.25, -0.2) is 5.32 Å². The Labute approximate surface area is 184 Å². The Morgan fingerprint density at radius 3 is 2.90 bits per heavy atom. The van der Waals surface area contributed by atoms with Crippen molar-refractivity contribution in [1.82, 2.24) is 15.5 Å². The van der Waals surface area contributed by atoms with Gasteiger partial charge in [-0.2, -0.15) is 0 Å². The molecule has 0 bridgehead atoms. The van der Waals surface area contributed by atoms with E-state index in [2.05, 4.69) is 17.6 Å². The normalized spacial score (nSPS) is 44.9. The minimum absolute atomic E-state index is 0.00354. The fourth-order valence-electron chi connectivity index (χ4n) is 6.59. The topological polar surface area (TPSA) is 110 Å². The van der Waals surface area contributed by atoms with Gasteiger partial charge < -0.3 is 24.6 Å².